The molecule has 0 fully saturated rings. The van der Waals surface area contributed by atoms with Crippen molar-refractivity contribution in [1.29, 1.82) is 0 Å². The fraction of sp³-hybridized carbons (Fsp3) is 0.375. The van der Waals surface area contributed by atoms with Crippen molar-refractivity contribution in [2.75, 3.05) is 7.11 Å². The molecule has 1 heterocycles. The van der Waals surface area contributed by atoms with Gasteiger partial charge in [0.05, 0.1) is 13.5 Å². The molecule has 0 aliphatic heterocycles. The highest BCUT2D eigenvalue weighted by Crippen LogP contribution is 2.27. The van der Waals surface area contributed by atoms with Crippen molar-refractivity contribution in [3.05, 3.63) is 40.9 Å². The number of halogens is 1. The van der Waals surface area contributed by atoms with Gasteiger partial charge >= 0.3 is 5.97 Å². The van der Waals surface area contributed by atoms with E-state index in [0.717, 1.165) is 24.1 Å². The number of oxazole rings is 1. The standard InChI is InChI=1S/C16H18ClNO3/c1-3-4-14-18-16(11-5-7-12(17)8-6-11)13(21-14)9-10-15(19)20-2/h5-8H,3-4,9-10H2,1-2H3. The van der Waals surface area contributed by atoms with Gasteiger partial charge in [-0.25, -0.2) is 4.98 Å². The van der Waals surface area contributed by atoms with Gasteiger partial charge in [0.15, 0.2) is 5.89 Å². The number of aromatic nitrogens is 1. The van der Waals surface area contributed by atoms with Crippen LogP contribution in [0.2, 0.25) is 5.02 Å². The number of rotatable bonds is 6. The van der Waals surface area contributed by atoms with E-state index in [0.29, 0.717) is 23.1 Å². The average molecular weight is 308 g/mol. The second kappa shape index (κ2) is 7.27. The molecule has 0 saturated heterocycles. The molecule has 112 valence electrons. The number of nitrogens with zero attached hydrogens (tertiary/aromatic N) is 1. The SMILES string of the molecule is CCCc1nc(-c2ccc(Cl)cc2)c(CCC(=O)OC)o1. The highest BCUT2D eigenvalue weighted by molar-refractivity contribution is 6.30. The van der Waals surface area contributed by atoms with Crippen molar-refractivity contribution in [3.8, 4) is 11.3 Å². The van der Waals surface area contributed by atoms with E-state index >= 15 is 0 Å². The summed E-state index contributed by atoms with van der Waals surface area (Å²) in [4.78, 5) is 15.9. The molecule has 0 spiro atoms. The van der Waals surface area contributed by atoms with Crippen LogP contribution < -0.4 is 0 Å². The molecule has 21 heavy (non-hydrogen) atoms. The van der Waals surface area contributed by atoms with Crippen LogP contribution in [-0.2, 0) is 22.4 Å². The number of methoxy groups -OCH3 is 1. The predicted molar refractivity (Wildman–Crippen MR) is 81.3 cm³/mol. The van der Waals surface area contributed by atoms with Crippen LogP contribution in [0.15, 0.2) is 28.7 Å². The molecule has 5 heteroatoms. The molecule has 0 saturated carbocycles. The monoisotopic (exact) mass is 307 g/mol. The van der Waals surface area contributed by atoms with Gasteiger partial charge in [0.2, 0.25) is 0 Å². The van der Waals surface area contributed by atoms with Gasteiger partial charge in [-0.3, -0.25) is 4.79 Å². The first-order valence-corrected chi connectivity index (χ1v) is 7.33. The molecule has 0 unspecified atom stereocenters. The van der Waals surface area contributed by atoms with Crippen molar-refractivity contribution in [2.45, 2.75) is 32.6 Å². The average Bonchev–Trinajstić information content (AvgIpc) is 2.89. The third-order valence-corrected chi connectivity index (χ3v) is 3.36. The molecular weight excluding hydrogens is 290 g/mol. The zero-order valence-corrected chi connectivity index (χ0v) is 12.9. The largest absolute Gasteiger partial charge is 0.469 e. The summed E-state index contributed by atoms with van der Waals surface area (Å²) >= 11 is 5.91. The van der Waals surface area contributed by atoms with Crippen molar-refractivity contribution in [1.82, 2.24) is 4.98 Å². The molecule has 4 nitrogen and oxygen atoms in total. The van der Waals surface area contributed by atoms with Gasteiger partial charge in [-0.2, -0.15) is 0 Å². The lowest BCUT2D eigenvalue weighted by molar-refractivity contribution is -0.140. The fourth-order valence-corrected chi connectivity index (χ4v) is 2.17. The van der Waals surface area contributed by atoms with Crippen LogP contribution in [0.1, 0.15) is 31.4 Å². The maximum atomic E-state index is 11.3. The molecule has 1 aromatic carbocycles. The Hall–Kier alpha value is -1.81. The Morgan fingerprint density at radius 3 is 2.62 bits per heavy atom. The number of hydrogen-bond donors (Lipinski definition) is 0. The minimum Gasteiger partial charge on any atom is -0.469 e. The van der Waals surface area contributed by atoms with Crippen molar-refractivity contribution in [3.63, 3.8) is 0 Å². The fourth-order valence-electron chi connectivity index (χ4n) is 2.04. The maximum Gasteiger partial charge on any atom is 0.305 e. The van der Waals surface area contributed by atoms with Crippen LogP contribution in [0, 0.1) is 0 Å². The summed E-state index contributed by atoms with van der Waals surface area (Å²) in [5.74, 6) is 1.15. The molecular formula is C16H18ClNO3. The molecule has 0 atom stereocenters. The van der Waals surface area contributed by atoms with Crippen LogP contribution >= 0.6 is 11.6 Å². The van der Waals surface area contributed by atoms with Gasteiger partial charge in [0.25, 0.3) is 0 Å². The van der Waals surface area contributed by atoms with E-state index in [9.17, 15) is 4.79 Å². The zero-order chi connectivity index (χ0) is 15.2. The van der Waals surface area contributed by atoms with Crippen LogP contribution in [0.3, 0.4) is 0 Å². The van der Waals surface area contributed by atoms with E-state index in [1.54, 1.807) is 0 Å². The first-order valence-electron chi connectivity index (χ1n) is 6.95. The smallest absolute Gasteiger partial charge is 0.305 e. The second-order valence-corrected chi connectivity index (χ2v) is 5.15. The third-order valence-electron chi connectivity index (χ3n) is 3.11. The molecule has 0 bridgehead atoms. The van der Waals surface area contributed by atoms with E-state index in [4.69, 9.17) is 16.0 Å². The number of hydrogen-bond acceptors (Lipinski definition) is 4. The molecule has 0 amide bonds. The van der Waals surface area contributed by atoms with Gasteiger partial charge in [0, 0.05) is 23.4 Å². The summed E-state index contributed by atoms with van der Waals surface area (Å²) in [6.45, 7) is 2.07. The minimum atomic E-state index is -0.259. The molecule has 2 aromatic rings. The van der Waals surface area contributed by atoms with Crippen molar-refractivity contribution >= 4 is 17.6 Å². The highest BCUT2D eigenvalue weighted by atomic mass is 35.5. The summed E-state index contributed by atoms with van der Waals surface area (Å²) in [6.07, 6.45) is 2.48. The summed E-state index contributed by atoms with van der Waals surface area (Å²) in [7, 11) is 1.38. The second-order valence-electron chi connectivity index (χ2n) is 4.71. The summed E-state index contributed by atoms with van der Waals surface area (Å²) < 4.78 is 10.5. The Morgan fingerprint density at radius 2 is 2.00 bits per heavy atom. The number of ether oxygens (including phenoxy) is 1. The topological polar surface area (TPSA) is 52.3 Å². The first kappa shape index (κ1) is 15.6. The summed E-state index contributed by atoms with van der Waals surface area (Å²) in [6, 6.07) is 7.43. The maximum absolute atomic E-state index is 11.3. The highest BCUT2D eigenvalue weighted by Gasteiger charge is 2.16. The zero-order valence-electron chi connectivity index (χ0n) is 12.2. The number of carbonyl (C=O) groups excluding carboxylic acids is 1. The molecule has 1 aromatic heterocycles. The van der Waals surface area contributed by atoms with E-state index in [-0.39, 0.29) is 12.4 Å². The van der Waals surface area contributed by atoms with Crippen LogP contribution in [-0.4, -0.2) is 18.1 Å². The lowest BCUT2D eigenvalue weighted by Gasteiger charge is -2.01. The Kier molecular flexibility index (Phi) is 5.39. The minimum absolute atomic E-state index is 0.259. The Bertz CT molecular complexity index is 604. The van der Waals surface area contributed by atoms with Gasteiger partial charge in [-0.15, -0.1) is 0 Å². The normalized spacial score (nSPS) is 10.6. The molecule has 0 aliphatic rings. The summed E-state index contributed by atoms with van der Waals surface area (Å²) in [5, 5.41) is 0.673. The van der Waals surface area contributed by atoms with E-state index in [1.165, 1.54) is 7.11 Å². The number of esters is 1. The Morgan fingerprint density at radius 1 is 1.29 bits per heavy atom. The van der Waals surface area contributed by atoms with E-state index in [2.05, 4.69) is 16.6 Å². The predicted octanol–water partition coefficient (Wildman–Crippen LogP) is 4.05. The van der Waals surface area contributed by atoms with Gasteiger partial charge < -0.3 is 9.15 Å². The van der Waals surface area contributed by atoms with E-state index < -0.39 is 0 Å². The Balaban J connectivity index is 2.28. The molecule has 0 aliphatic carbocycles. The van der Waals surface area contributed by atoms with Crippen LogP contribution in [0.4, 0.5) is 0 Å². The lowest BCUT2D eigenvalue weighted by atomic mass is 10.1. The number of aryl methyl sites for hydroxylation is 2. The first-order chi connectivity index (χ1) is 10.1. The lowest BCUT2D eigenvalue weighted by Crippen LogP contribution is -2.02. The molecule has 0 N–H and O–H groups in total. The van der Waals surface area contributed by atoms with Gasteiger partial charge in [-0.1, -0.05) is 30.7 Å². The van der Waals surface area contributed by atoms with Gasteiger partial charge in [-0.05, 0) is 18.6 Å². The third kappa shape index (κ3) is 4.08. The van der Waals surface area contributed by atoms with Crippen LogP contribution in [0.5, 0.6) is 0 Å². The van der Waals surface area contributed by atoms with Crippen LogP contribution in [0.25, 0.3) is 11.3 Å². The Labute approximate surface area is 129 Å². The number of carbonyl (C=O) groups is 1. The van der Waals surface area contributed by atoms with Crippen molar-refractivity contribution in [2.24, 2.45) is 0 Å². The van der Waals surface area contributed by atoms with E-state index in [1.807, 2.05) is 24.3 Å². The van der Waals surface area contributed by atoms with Crippen molar-refractivity contribution < 1.29 is 13.9 Å². The quantitative estimate of drug-likeness (QED) is 0.755. The van der Waals surface area contributed by atoms with Gasteiger partial charge in [0.1, 0.15) is 11.5 Å². The summed E-state index contributed by atoms with van der Waals surface area (Å²) in [5.41, 5.74) is 1.71. The molecule has 2 rings (SSSR count). The number of benzene rings is 1. The molecule has 0 radical (unpaired) electrons.